The fraction of sp³-hybridized carbons (Fsp3) is 0.529. The van der Waals surface area contributed by atoms with E-state index in [2.05, 4.69) is 22.9 Å². The van der Waals surface area contributed by atoms with Crippen molar-refractivity contribution < 1.29 is 9.59 Å². The standard InChI is InChI=1S/C17H23N3O2S.ClH/c1-17(5-7-18-8-6-17)11-19-16(22)12-2-3-14-13(10-12)20-15(21)4-9-23-14;/h2-3,10,18H,4-9,11H2,1H3,(H,19,22)(H,20,21);1H. The molecule has 3 rings (SSSR count). The molecule has 1 aromatic rings. The molecule has 0 spiro atoms. The molecule has 1 saturated heterocycles. The molecule has 7 heteroatoms. The molecule has 0 aliphatic carbocycles. The maximum Gasteiger partial charge on any atom is 0.251 e. The summed E-state index contributed by atoms with van der Waals surface area (Å²) in [5.41, 5.74) is 1.51. The van der Waals surface area contributed by atoms with Gasteiger partial charge in [-0.3, -0.25) is 9.59 Å². The van der Waals surface area contributed by atoms with E-state index in [1.807, 2.05) is 12.1 Å². The third kappa shape index (κ3) is 4.65. The number of benzene rings is 1. The van der Waals surface area contributed by atoms with Crippen LogP contribution >= 0.6 is 24.2 Å². The van der Waals surface area contributed by atoms with Gasteiger partial charge in [-0.15, -0.1) is 24.2 Å². The molecule has 2 amide bonds. The van der Waals surface area contributed by atoms with Gasteiger partial charge in [-0.25, -0.2) is 0 Å². The second-order valence-electron chi connectivity index (χ2n) is 6.60. The molecule has 1 aromatic carbocycles. The molecule has 0 bridgehead atoms. The molecule has 1 fully saturated rings. The van der Waals surface area contributed by atoms with Crippen LogP contribution in [0.25, 0.3) is 0 Å². The fourth-order valence-corrected chi connectivity index (χ4v) is 3.90. The quantitative estimate of drug-likeness (QED) is 0.766. The molecule has 0 unspecified atom stereocenters. The maximum atomic E-state index is 12.4. The van der Waals surface area contributed by atoms with Gasteiger partial charge in [0.25, 0.3) is 5.91 Å². The summed E-state index contributed by atoms with van der Waals surface area (Å²) in [6.45, 7) is 4.93. The zero-order valence-electron chi connectivity index (χ0n) is 13.8. The molecular formula is C17H24ClN3O2S. The van der Waals surface area contributed by atoms with Crippen LogP contribution in [0, 0.1) is 5.41 Å². The highest BCUT2D eigenvalue weighted by molar-refractivity contribution is 7.99. The van der Waals surface area contributed by atoms with Crippen LogP contribution in [-0.2, 0) is 4.79 Å². The molecule has 2 aliphatic rings. The summed E-state index contributed by atoms with van der Waals surface area (Å²) in [6, 6.07) is 5.54. The van der Waals surface area contributed by atoms with Crippen molar-refractivity contribution in [1.29, 1.82) is 0 Å². The number of carbonyl (C=O) groups excluding carboxylic acids is 2. The Morgan fingerprint density at radius 3 is 2.83 bits per heavy atom. The second kappa shape index (κ2) is 8.23. The van der Waals surface area contributed by atoms with E-state index in [0.29, 0.717) is 18.5 Å². The van der Waals surface area contributed by atoms with Crippen molar-refractivity contribution in [2.75, 3.05) is 30.7 Å². The number of carbonyl (C=O) groups is 2. The summed E-state index contributed by atoms with van der Waals surface area (Å²) in [4.78, 5) is 25.1. The first-order valence-corrected chi connectivity index (χ1v) is 9.10. The van der Waals surface area contributed by atoms with Gasteiger partial charge in [0.05, 0.1) is 5.69 Å². The number of rotatable bonds is 3. The topological polar surface area (TPSA) is 70.2 Å². The van der Waals surface area contributed by atoms with Crippen LogP contribution in [0.15, 0.2) is 23.1 Å². The first-order chi connectivity index (χ1) is 11.1. The second-order valence-corrected chi connectivity index (χ2v) is 7.74. The van der Waals surface area contributed by atoms with E-state index >= 15 is 0 Å². The third-order valence-corrected chi connectivity index (χ3v) is 5.66. The van der Waals surface area contributed by atoms with Gasteiger partial charge in [-0.2, -0.15) is 0 Å². The van der Waals surface area contributed by atoms with Crippen LogP contribution in [0.5, 0.6) is 0 Å². The number of fused-ring (bicyclic) bond motifs is 1. The van der Waals surface area contributed by atoms with Crippen molar-refractivity contribution in [2.24, 2.45) is 5.41 Å². The zero-order valence-corrected chi connectivity index (χ0v) is 15.4. The molecule has 24 heavy (non-hydrogen) atoms. The molecular weight excluding hydrogens is 346 g/mol. The maximum absolute atomic E-state index is 12.4. The van der Waals surface area contributed by atoms with Crippen molar-refractivity contribution in [3.8, 4) is 0 Å². The van der Waals surface area contributed by atoms with Crippen LogP contribution in [0.3, 0.4) is 0 Å². The van der Waals surface area contributed by atoms with Gasteiger partial charge in [-0.1, -0.05) is 6.92 Å². The van der Waals surface area contributed by atoms with Crippen molar-refractivity contribution >= 4 is 41.7 Å². The molecule has 2 heterocycles. The smallest absolute Gasteiger partial charge is 0.251 e. The minimum absolute atomic E-state index is 0. The SMILES string of the molecule is CC1(CNC(=O)c2ccc3c(c2)NC(=O)CCS3)CCNCC1.Cl. The van der Waals surface area contributed by atoms with E-state index in [-0.39, 0.29) is 29.6 Å². The highest BCUT2D eigenvalue weighted by atomic mass is 35.5. The van der Waals surface area contributed by atoms with E-state index in [0.717, 1.165) is 42.3 Å². The third-order valence-electron chi connectivity index (χ3n) is 4.59. The summed E-state index contributed by atoms with van der Waals surface area (Å²) >= 11 is 1.65. The van der Waals surface area contributed by atoms with Crippen LogP contribution in [-0.4, -0.2) is 37.2 Å². The Labute approximate surface area is 153 Å². The molecule has 0 atom stereocenters. The van der Waals surface area contributed by atoms with Crippen molar-refractivity contribution in [2.45, 2.75) is 31.1 Å². The van der Waals surface area contributed by atoms with E-state index in [9.17, 15) is 9.59 Å². The van der Waals surface area contributed by atoms with Gasteiger partial charge in [-0.05, 0) is 49.5 Å². The monoisotopic (exact) mass is 369 g/mol. The molecule has 5 nitrogen and oxygen atoms in total. The van der Waals surface area contributed by atoms with Crippen molar-refractivity contribution in [3.05, 3.63) is 23.8 Å². The summed E-state index contributed by atoms with van der Waals surface area (Å²) in [6.07, 6.45) is 2.65. The predicted octanol–water partition coefficient (Wildman–Crippen LogP) is 2.66. The minimum atomic E-state index is -0.0731. The first-order valence-electron chi connectivity index (χ1n) is 8.11. The number of amides is 2. The van der Waals surface area contributed by atoms with Crippen molar-refractivity contribution in [1.82, 2.24) is 10.6 Å². The molecule has 3 N–H and O–H groups in total. The first kappa shape index (κ1) is 19.1. The van der Waals surface area contributed by atoms with E-state index in [1.165, 1.54) is 0 Å². The lowest BCUT2D eigenvalue weighted by atomic mass is 9.81. The highest BCUT2D eigenvalue weighted by Gasteiger charge is 2.27. The number of hydrogen-bond donors (Lipinski definition) is 3. The van der Waals surface area contributed by atoms with Crippen LogP contribution in [0.1, 0.15) is 36.5 Å². The van der Waals surface area contributed by atoms with E-state index < -0.39 is 0 Å². The van der Waals surface area contributed by atoms with Crippen LogP contribution in [0.2, 0.25) is 0 Å². The lowest BCUT2D eigenvalue weighted by molar-refractivity contribution is -0.115. The number of hydrogen-bond acceptors (Lipinski definition) is 4. The number of piperidine rings is 1. The summed E-state index contributed by atoms with van der Waals surface area (Å²) in [5, 5.41) is 9.29. The molecule has 0 saturated carbocycles. The summed E-state index contributed by atoms with van der Waals surface area (Å²) in [7, 11) is 0. The lowest BCUT2D eigenvalue weighted by Gasteiger charge is -2.34. The van der Waals surface area contributed by atoms with E-state index in [1.54, 1.807) is 17.8 Å². The lowest BCUT2D eigenvalue weighted by Crippen LogP contribution is -2.42. The highest BCUT2D eigenvalue weighted by Crippen LogP contribution is 2.31. The van der Waals surface area contributed by atoms with Crippen LogP contribution in [0.4, 0.5) is 5.69 Å². The normalized spacial score (nSPS) is 19.3. The molecule has 0 radical (unpaired) electrons. The number of nitrogens with one attached hydrogen (secondary N) is 3. The molecule has 132 valence electrons. The van der Waals surface area contributed by atoms with Gasteiger partial charge in [0.2, 0.25) is 5.91 Å². The van der Waals surface area contributed by atoms with Gasteiger partial charge >= 0.3 is 0 Å². The van der Waals surface area contributed by atoms with Crippen molar-refractivity contribution in [3.63, 3.8) is 0 Å². The Balaban J connectivity index is 0.00000208. The van der Waals surface area contributed by atoms with Gasteiger partial charge in [0.15, 0.2) is 0 Å². The predicted molar refractivity (Wildman–Crippen MR) is 100 cm³/mol. The number of thioether (sulfide) groups is 1. The average molecular weight is 370 g/mol. The van der Waals surface area contributed by atoms with Gasteiger partial charge < -0.3 is 16.0 Å². The summed E-state index contributed by atoms with van der Waals surface area (Å²) in [5.74, 6) is 0.712. The average Bonchev–Trinajstić information content (AvgIpc) is 2.73. The molecule has 2 aliphatic heterocycles. The Kier molecular flexibility index (Phi) is 6.54. The Bertz CT molecular complexity index is 618. The molecule has 0 aromatic heterocycles. The Hall–Kier alpha value is -1.24. The van der Waals surface area contributed by atoms with E-state index in [4.69, 9.17) is 0 Å². The Morgan fingerprint density at radius 1 is 1.33 bits per heavy atom. The number of halogens is 1. The van der Waals surface area contributed by atoms with Gasteiger partial charge in [0, 0.05) is 29.2 Å². The summed E-state index contributed by atoms with van der Waals surface area (Å²) < 4.78 is 0. The van der Waals surface area contributed by atoms with Crippen LogP contribution < -0.4 is 16.0 Å². The number of anilines is 1. The minimum Gasteiger partial charge on any atom is -0.351 e. The van der Waals surface area contributed by atoms with Gasteiger partial charge in [0.1, 0.15) is 0 Å². The largest absolute Gasteiger partial charge is 0.351 e. The Morgan fingerprint density at radius 2 is 2.08 bits per heavy atom. The fourth-order valence-electron chi connectivity index (χ4n) is 2.96. The zero-order chi connectivity index (χ0) is 16.3.